The Labute approximate surface area is 240 Å². The summed E-state index contributed by atoms with van der Waals surface area (Å²) in [6.45, 7) is 3.50. The number of carbonyl (C=O) groups excluding carboxylic acids is 2. The van der Waals surface area contributed by atoms with E-state index >= 15 is 0 Å². The lowest BCUT2D eigenvalue weighted by Gasteiger charge is -2.43. The number of fused-ring (bicyclic) bond motifs is 1. The summed E-state index contributed by atoms with van der Waals surface area (Å²) in [4.78, 5) is 29.1. The second kappa shape index (κ2) is 11.6. The van der Waals surface area contributed by atoms with Gasteiger partial charge >= 0.3 is 18.3 Å². The lowest BCUT2D eigenvalue weighted by atomic mass is 9.73. The van der Waals surface area contributed by atoms with Gasteiger partial charge in [0.25, 0.3) is 0 Å². The van der Waals surface area contributed by atoms with Gasteiger partial charge in [0, 0.05) is 38.4 Å². The number of hydrogen-bond donors (Lipinski definition) is 1. The molecular weight excluding hydrogens is 592 g/mol. The van der Waals surface area contributed by atoms with Gasteiger partial charge < -0.3 is 14.5 Å². The van der Waals surface area contributed by atoms with E-state index in [0.717, 1.165) is 23.3 Å². The van der Waals surface area contributed by atoms with Crippen molar-refractivity contribution >= 4 is 21.8 Å². The number of nitrogens with one attached hydrogen (secondary N) is 1. The summed E-state index contributed by atoms with van der Waals surface area (Å²) in [6, 6.07) is 0.324. The molecule has 0 radical (unpaired) electrons. The Hall–Kier alpha value is -2.39. The second-order valence-electron chi connectivity index (χ2n) is 11.8. The molecule has 4 rings (SSSR count). The SMILES string of the molecule is CC(C)[C@]1(C(=O)N2Cc3cc(C(F)(F)F)ccc3C(NS(C)(=O)=O)C2)CCC(N(C(=O)C(F)(F)F)C2CCOCC2)C1. The first-order chi connectivity index (χ1) is 19.3. The number of carbonyl (C=O) groups is 2. The van der Waals surface area contributed by atoms with Crippen molar-refractivity contribution in [1.29, 1.82) is 0 Å². The van der Waals surface area contributed by atoms with Gasteiger partial charge in [-0.3, -0.25) is 9.59 Å². The molecule has 2 unspecified atom stereocenters. The van der Waals surface area contributed by atoms with Crippen LogP contribution in [0.25, 0.3) is 0 Å². The van der Waals surface area contributed by atoms with E-state index in [0.29, 0.717) is 5.56 Å². The summed E-state index contributed by atoms with van der Waals surface area (Å²) in [5.41, 5.74) is -1.74. The third-order valence-electron chi connectivity index (χ3n) is 8.76. The smallest absolute Gasteiger partial charge is 0.381 e. The van der Waals surface area contributed by atoms with Gasteiger partial charge in [0.15, 0.2) is 0 Å². The molecule has 3 atom stereocenters. The molecule has 1 aromatic carbocycles. The van der Waals surface area contributed by atoms with E-state index in [1.807, 2.05) is 0 Å². The van der Waals surface area contributed by atoms with Crippen molar-refractivity contribution in [3.05, 3.63) is 34.9 Å². The van der Waals surface area contributed by atoms with E-state index in [4.69, 9.17) is 4.74 Å². The molecule has 2 amide bonds. The van der Waals surface area contributed by atoms with Crippen LogP contribution in [-0.4, -0.2) is 74.3 Å². The lowest BCUT2D eigenvalue weighted by molar-refractivity contribution is -0.192. The highest BCUT2D eigenvalue weighted by Gasteiger charge is 2.55. The summed E-state index contributed by atoms with van der Waals surface area (Å²) >= 11 is 0. The standard InChI is InChI=1S/C27H35F6N3O5S/c1-16(2)25(9-6-20(13-25)36(24(38)27(31,32)33)19-7-10-41-11-8-19)23(37)35-14-17-12-18(26(28,29)30)4-5-21(17)22(15-35)34-42(3,39)40/h4-5,12,16,19-20,22,34H,6-11,13-15H2,1-3H3/t20?,22?,25-/m0/s1. The highest BCUT2D eigenvalue weighted by Crippen LogP contribution is 2.49. The van der Waals surface area contributed by atoms with Crippen molar-refractivity contribution < 1.29 is 49.1 Å². The predicted octanol–water partition coefficient (Wildman–Crippen LogP) is 4.40. The van der Waals surface area contributed by atoms with Gasteiger partial charge in [0.05, 0.1) is 23.3 Å². The fourth-order valence-electron chi connectivity index (χ4n) is 6.67. The van der Waals surface area contributed by atoms with E-state index in [1.54, 1.807) is 13.8 Å². The van der Waals surface area contributed by atoms with Gasteiger partial charge in [-0.2, -0.15) is 26.3 Å². The zero-order valence-corrected chi connectivity index (χ0v) is 24.3. The number of sulfonamides is 1. The topological polar surface area (TPSA) is 96.0 Å². The van der Waals surface area contributed by atoms with Crippen LogP contribution < -0.4 is 4.72 Å². The first kappa shape index (κ1) is 32.5. The first-order valence-corrected chi connectivity index (χ1v) is 15.7. The molecule has 3 aliphatic rings. The predicted molar refractivity (Wildman–Crippen MR) is 139 cm³/mol. The number of hydrogen-bond acceptors (Lipinski definition) is 5. The number of benzene rings is 1. The molecule has 0 bridgehead atoms. The quantitative estimate of drug-likeness (QED) is 0.472. The zero-order valence-electron chi connectivity index (χ0n) is 23.5. The maximum Gasteiger partial charge on any atom is 0.471 e. The van der Waals surface area contributed by atoms with E-state index in [9.17, 15) is 44.3 Å². The minimum Gasteiger partial charge on any atom is -0.381 e. The van der Waals surface area contributed by atoms with Gasteiger partial charge in [-0.25, -0.2) is 13.1 Å². The molecule has 1 saturated heterocycles. The third kappa shape index (κ3) is 6.72. The molecule has 0 spiro atoms. The summed E-state index contributed by atoms with van der Waals surface area (Å²) in [5, 5.41) is 0. The van der Waals surface area contributed by atoms with Crippen LogP contribution in [0.4, 0.5) is 26.3 Å². The number of alkyl halides is 6. The molecule has 2 aliphatic heterocycles. The van der Waals surface area contributed by atoms with Gasteiger partial charge in [0.2, 0.25) is 15.9 Å². The summed E-state index contributed by atoms with van der Waals surface area (Å²) in [5.74, 6) is -2.85. The van der Waals surface area contributed by atoms with Crippen molar-refractivity contribution in [1.82, 2.24) is 14.5 Å². The maximum absolute atomic E-state index is 14.3. The summed E-state index contributed by atoms with van der Waals surface area (Å²) in [6.07, 6.45) is -8.18. The molecule has 236 valence electrons. The average Bonchev–Trinajstić information content (AvgIpc) is 3.33. The summed E-state index contributed by atoms with van der Waals surface area (Å²) < 4.78 is 114. The highest BCUT2D eigenvalue weighted by molar-refractivity contribution is 7.88. The lowest BCUT2D eigenvalue weighted by Crippen LogP contribution is -2.54. The molecule has 0 aromatic heterocycles. The monoisotopic (exact) mass is 627 g/mol. The Morgan fingerprint density at radius 2 is 1.71 bits per heavy atom. The largest absolute Gasteiger partial charge is 0.471 e. The molecule has 1 aliphatic carbocycles. The Morgan fingerprint density at radius 3 is 2.26 bits per heavy atom. The minimum absolute atomic E-state index is 0.0567. The Bertz CT molecular complexity index is 1300. The number of rotatable bonds is 6. The van der Waals surface area contributed by atoms with Crippen LogP contribution in [0.5, 0.6) is 0 Å². The molecule has 15 heteroatoms. The van der Waals surface area contributed by atoms with Gasteiger partial charge in [-0.15, -0.1) is 0 Å². The van der Waals surface area contributed by atoms with E-state index in [-0.39, 0.29) is 64.0 Å². The van der Waals surface area contributed by atoms with Crippen LogP contribution in [0, 0.1) is 11.3 Å². The number of ether oxygens (including phenoxy) is 1. The van der Waals surface area contributed by atoms with Crippen molar-refractivity contribution in [2.24, 2.45) is 11.3 Å². The van der Waals surface area contributed by atoms with Crippen LogP contribution in [0.1, 0.15) is 68.7 Å². The van der Waals surface area contributed by atoms with E-state index in [1.165, 1.54) is 11.0 Å². The van der Waals surface area contributed by atoms with Crippen molar-refractivity contribution in [2.75, 3.05) is 26.0 Å². The van der Waals surface area contributed by atoms with Crippen molar-refractivity contribution in [3.8, 4) is 0 Å². The molecule has 1 N–H and O–H groups in total. The zero-order chi connectivity index (χ0) is 31.3. The molecule has 2 heterocycles. The van der Waals surface area contributed by atoms with E-state index in [2.05, 4.69) is 4.72 Å². The third-order valence-corrected chi connectivity index (χ3v) is 9.48. The van der Waals surface area contributed by atoms with Crippen LogP contribution in [0.3, 0.4) is 0 Å². The molecule has 8 nitrogen and oxygen atoms in total. The molecular formula is C27H35F6N3O5S. The van der Waals surface area contributed by atoms with Crippen LogP contribution in [0.2, 0.25) is 0 Å². The van der Waals surface area contributed by atoms with Gasteiger partial charge in [0.1, 0.15) is 0 Å². The normalized spacial score (nSPS) is 25.9. The maximum atomic E-state index is 14.3. The minimum atomic E-state index is -5.11. The fraction of sp³-hybridized carbons (Fsp3) is 0.704. The van der Waals surface area contributed by atoms with Crippen LogP contribution >= 0.6 is 0 Å². The number of halogens is 6. The van der Waals surface area contributed by atoms with Gasteiger partial charge in [-0.05, 0) is 61.3 Å². The molecule has 2 fully saturated rings. The molecule has 1 saturated carbocycles. The fourth-order valence-corrected chi connectivity index (χ4v) is 7.39. The van der Waals surface area contributed by atoms with Crippen molar-refractivity contribution in [2.45, 2.75) is 83.0 Å². The Kier molecular flexibility index (Phi) is 8.98. The van der Waals surface area contributed by atoms with Crippen molar-refractivity contribution in [3.63, 3.8) is 0 Å². The Morgan fingerprint density at radius 1 is 1.07 bits per heavy atom. The van der Waals surface area contributed by atoms with Crippen LogP contribution in [-0.2, 0) is 37.1 Å². The number of nitrogens with zero attached hydrogens (tertiary/aromatic N) is 2. The van der Waals surface area contributed by atoms with Gasteiger partial charge in [-0.1, -0.05) is 19.9 Å². The highest BCUT2D eigenvalue weighted by atomic mass is 32.2. The molecule has 1 aromatic rings. The summed E-state index contributed by atoms with van der Waals surface area (Å²) in [7, 11) is -3.83. The van der Waals surface area contributed by atoms with E-state index < -0.39 is 69.2 Å². The Balaban J connectivity index is 1.68. The van der Waals surface area contributed by atoms with Crippen LogP contribution in [0.15, 0.2) is 18.2 Å². The number of amides is 2. The second-order valence-corrected chi connectivity index (χ2v) is 13.6. The average molecular weight is 628 g/mol. The first-order valence-electron chi connectivity index (χ1n) is 13.8. The molecule has 42 heavy (non-hydrogen) atoms.